The van der Waals surface area contributed by atoms with E-state index in [0.717, 1.165) is 18.7 Å². The van der Waals surface area contributed by atoms with Gasteiger partial charge in [0, 0.05) is 13.8 Å². The molecule has 10 heteroatoms. The summed E-state index contributed by atoms with van der Waals surface area (Å²) in [6, 6.07) is 6.12. The molecular weight excluding hydrogens is 422 g/mol. The summed E-state index contributed by atoms with van der Waals surface area (Å²) in [5, 5.41) is 0. The number of fused-ring (bicyclic) bond motifs is 5. The molecule has 0 N–H and O–H groups in total. The van der Waals surface area contributed by atoms with Crippen LogP contribution in [0.4, 0.5) is 5.69 Å². The lowest BCUT2D eigenvalue weighted by Crippen LogP contribution is -2.52. The molecule has 168 valence electrons. The Hall–Kier alpha value is -3.53. The first-order valence-electron chi connectivity index (χ1n) is 10.1. The molecule has 0 radical (unpaired) electrons. The van der Waals surface area contributed by atoms with Crippen LogP contribution in [-0.4, -0.2) is 54.3 Å². The van der Waals surface area contributed by atoms with Crippen molar-refractivity contribution in [3.8, 4) is 0 Å². The maximum Gasteiger partial charge on any atom is 0.340 e. The van der Waals surface area contributed by atoms with Crippen LogP contribution in [0.2, 0.25) is 0 Å². The quantitative estimate of drug-likeness (QED) is 0.275. The Labute approximate surface area is 183 Å². The molecule has 3 aliphatic rings. The molecule has 32 heavy (non-hydrogen) atoms. The highest BCUT2D eigenvalue weighted by molar-refractivity contribution is 6.25. The van der Waals surface area contributed by atoms with Gasteiger partial charge in [-0.2, -0.15) is 0 Å². The van der Waals surface area contributed by atoms with Crippen molar-refractivity contribution in [2.75, 3.05) is 11.5 Å². The summed E-state index contributed by atoms with van der Waals surface area (Å²) in [5.41, 5.74) is -1.52. The van der Waals surface area contributed by atoms with Gasteiger partial charge in [0.2, 0.25) is 11.8 Å². The zero-order valence-corrected chi connectivity index (χ0v) is 17.6. The third-order valence-electron chi connectivity index (χ3n) is 5.63. The van der Waals surface area contributed by atoms with Gasteiger partial charge in [-0.15, -0.1) is 0 Å². The summed E-state index contributed by atoms with van der Waals surface area (Å²) in [7, 11) is 0. The van der Waals surface area contributed by atoms with Crippen LogP contribution >= 0.6 is 0 Å². The molecule has 3 aliphatic heterocycles. The van der Waals surface area contributed by atoms with Gasteiger partial charge in [-0.05, 0) is 25.1 Å². The van der Waals surface area contributed by atoms with Gasteiger partial charge in [0.25, 0.3) is 6.29 Å². The molecule has 0 unspecified atom stereocenters. The van der Waals surface area contributed by atoms with Crippen LogP contribution in [0.15, 0.2) is 36.4 Å². The third kappa shape index (κ3) is 3.18. The largest absolute Gasteiger partial charge is 0.462 e. The van der Waals surface area contributed by atoms with Crippen LogP contribution in [0, 0.1) is 11.8 Å². The van der Waals surface area contributed by atoms with E-state index >= 15 is 0 Å². The molecule has 0 aliphatic carbocycles. The van der Waals surface area contributed by atoms with Gasteiger partial charge in [0.05, 0.1) is 35.8 Å². The minimum Gasteiger partial charge on any atom is -0.462 e. The Kier molecular flexibility index (Phi) is 5.33. The smallest absolute Gasteiger partial charge is 0.340 e. The molecule has 1 aromatic rings. The Morgan fingerprint density at radius 3 is 2.38 bits per heavy atom. The van der Waals surface area contributed by atoms with E-state index in [2.05, 4.69) is 0 Å². The Morgan fingerprint density at radius 1 is 1.09 bits per heavy atom. The Bertz CT molecular complexity index is 1030. The number of rotatable bonds is 6. The van der Waals surface area contributed by atoms with E-state index in [1.807, 2.05) is 0 Å². The molecule has 4 rings (SSSR count). The van der Waals surface area contributed by atoms with E-state index in [4.69, 9.17) is 18.9 Å². The van der Waals surface area contributed by atoms with Crippen LogP contribution in [0.3, 0.4) is 0 Å². The molecule has 2 saturated heterocycles. The monoisotopic (exact) mass is 443 g/mol. The summed E-state index contributed by atoms with van der Waals surface area (Å²) in [6.45, 7) is 4.01. The number of ether oxygens (including phenoxy) is 4. The summed E-state index contributed by atoms with van der Waals surface area (Å²) in [6.07, 6.45) is 0.713. The normalized spacial score (nSPS) is 27.6. The summed E-state index contributed by atoms with van der Waals surface area (Å²) < 4.78 is 21.3. The molecule has 10 nitrogen and oxygen atoms in total. The average Bonchev–Trinajstić information content (AvgIpc) is 3.38. The molecule has 0 spiro atoms. The second kappa shape index (κ2) is 7.86. The fourth-order valence-corrected chi connectivity index (χ4v) is 4.50. The number of hydrogen-bond acceptors (Lipinski definition) is 9. The van der Waals surface area contributed by atoms with Crippen molar-refractivity contribution < 1.29 is 42.9 Å². The number of amides is 2. The lowest BCUT2D eigenvalue weighted by molar-refractivity contribution is -0.226. The lowest BCUT2D eigenvalue weighted by atomic mass is 9.76. The lowest BCUT2D eigenvalue weighted by Gasteiger charge is -2.34. The van der Waals surface area contributed by atoms with E-state index in [1.54, 1.807) is 25.1 Å². The van der Waals surface area contributed by atoms with Crippen molar-refractivity contribution >= 4 is 35.4 Å². The summed E-state index contributed by atoms with van der Waals surface area (Å²) in [4.78, 5) is 63.6. The van der Waals surface area contributed by atoms with Gasteiger partial charge in [-0.3, -0.25) is 19.2 Å². The van der Waals surface area contributed by atoms with Gasteiger partial charge in [-0.1, -0.05) is 18.2 Å². The molecule has 2 bridgehead atoms. The van der Waals surface area contributed by atoms with Crippen molar-refractivity contribution in [2.45, 2.75) is 38.8 Å². The minimum absolute atomic E-state index is 0.0582. The van der Waals surface area contributed by atoms with Gasteiger partial charge in [-0.25, -0.2) is 9.69 Å². The molecular formula is C22H21NO9. The van der Waals surface area contributed by atoms with E-state index in [9.17, 15) is 24.0 Å². The van der Waals surface area contributed by atoms with Crippen LogP contribution in [0.5, 0.6) is 0 Å². The van der Waals surface area contributed by atoms with E-state index < -0.39 is 59.6 Å². The average molecular weight is 443 g/mol. The predicted molar refractivity (Wildman–Crippen MR) is 106 cm³/mol. The van der Waals surface area contributed by atoms with Crippen molar-refractivity contribution in [1.29, 1.82) is 0 Å². The number of imide groups is 1. The molecule has 0 saturated carbocycles. The minimum atomic E-state index is -1.66. The first-order chi connectivity index (χ1) is 15.2. The number of para-hydroxylation sites is 1. The molecule has 1 aromatic carbocycles. The molecule has 0 aromatic heterocycles. The molecule has 2 fully saturated rings. The van der Waals surface area contributed by atoms with Crippen molar-refractivity contribution in [1.82, 2.24) is 0 Å². The maximum atomic E-state index is 13.6. The third-order valence-corrected chi connectivity index (χ3v) is 5.63. The fraction of sp³-hybridized carbons (Fsp3) is 0.409. The van der Waals surface area contributed by atoms with Crippen molar-refractivity contribution in [2.24, 2.45) is 11.8 Å². The fourth-order valence-electron chi connectivity index (χ4n) is 4.50. The number of nitrogens with zero attached hydrogens (tertiary/aromatic N) is 1. The molecule has 3 heterocycles. The van der Waals surface area contributed by atoms with Crippen LogP contribution < -0.4 is 4.90 Å². The van der Waals surface area contributed by atoms with E-state index in [-0.39, 0.29) is 17.9 Å². The SMILES string of the molecule is CCOC(=O)c1ccccc1N1C(=O)[C@@H]2[C@@H](C1=O)[C@]1(C(OC(C)=O)OC(C)=O)C=C[C@H]2O1. The zero-order valence-electron chi connectivity index (χ0n) is 17.6. The van der Waals surface area contributed by atoms with E-state index in [1.165, 1.54) is 18.2 Å². The predicted octanol–water partition coefficient (Wildman–Crippen LogP) is 1.13. The standard InChI is InChI=1S/C22H21NO9/c1-4-29-20(28)13-7-5-6-8-14(13)23-18(26)16-15-9-10-22(32-15,17(16)19(23)27)21(30-11(2)24)31-12(3)25/h5-10,15-17,21H,4H2,1-3H3/t15-,16+,17+,22+/m1/s1. The number of esters is 3. The highest BCUT2D eigenvalue weighted by atomic mass is 16.7. The van der Waals surface area contributed by atoms with Crippen LogP contribution in [0.25, 0.3) is 0 Å². The second-order valence-corrected chi connectivity index (χ2v) is 7.60. The van der Waals surface area contributed by atoms with Gasteiger partial charge >= 0.3 is 17.9 Å². The Balaban J connectivity index is 1.76. The highest BCUT2D eigenvalue weighted by Gasteiger charge is 2.72. The topological polar surface area (TPSA) is 126 Å². The van der Waals surface area contributed by atoms with Gasteiger partial charge in [0.1, 0.15) is 0 Å². The van der Waals surface area contributed by atoms with Crippen LogP contribution in [-0.2, 0) is 38.1 Å². The highest BCUT2D eigenvalue weighted by Crippen LogP contribution is 2.55. The number of benzene rings is 1. The second-order valence-electron chi connectivity index (χ2n) is 7.60. The Morgan fingerprint density at radius 2 is 1.75 bits per heavy atom. The number of carbonyl (C=O) groups is 5. The van der Waals surface area contributed by atoms with Crippen molar-refractivity contribution in [3.05, 3.63) is 42.0 Å². The first kappa shape index (κ1) is 21.7. The first-order valence-corrected chi connectivity index (χ1v) is 10.1. The van der Waals surface area contributed by atoms with Crippen molar-refractivity contribution in [3.63, 3.8) is 0 Å². The molecule has 2 amide bonds. The van der Waals surface area contributed by atoms with Gasteiger partial charge < -0.3 is 18.9 Å². The molecule has 4 atom stereocenters. The number of anilines is 1. The summed E-state index contributed by atoms with van der Waals surface area (Å²) >= 11 is 0. The van der Waals surface area contributed by atoms with Crippen LogP contribution in [0.1, 0.15) is 31.1 Å². The zero-order chi connectivity index (χ0) is 23.2. The maximum absolute atomic E-state index is 13.6. The summed E-state index contributed by atoms with van der Waals surface area (Å²) in [5.74, 6) is -5.47. The van der Waals surface area contributed by atoms with E-state index in [0.29, 0.717) is 0 Å². The van der Waals surface area contributed by atoms with Gasteiger partial charge in [0.15, 0.2) is 5.60 Å². The number of carbonyl (C=O) groups excluding carboxylic acids is 5. The number of hydrogen-bond donors (Lipinski definition) is 0.